The van der Waals surface area contributed by atoms with Crippen molar-refractivity contribution in [1.82, 2.24) is 9.97 Å². The van der Waals surface area contributed by atoms with Crippen molar-refractivity contribution in [2.75, 3.05) is 6.61 Å². The molecule has 0 atom stereocenters. The van der Waals surface area contributed by atoms with Gasteiger partial charge in [0.2, 0.25) is 0 Å². The van der Waals surface area contributed by atoms with Gasteiger partial charge in [-0.2, -0.15) is 13.2 Å². The van der Waals surface area contributed by atoms with Crippen LogP contribution in [0.1, 0.15) is 49.3 Å². The van der Waals surface area contributed by atoms with Gasteiger partial charge in [-0.05, 0) is 54.0 Å². The molecule has 0 aliphatic rings. The van der Waals surface area contributed by atoms with E-state index in [1.54, 1.807) is 30.6 Å². The van der Waals surface area contributed by atoms with Crippen molar-refractivity contribution in [3.8, 4) is 17.1 Å². The van der Waals surface area contributed by atoms with E-state index >= 15 is 4.39 Å². The number of aromatic nitrogens is 2. The van der Waals surface area contributed by atoms with Gasteiger partial charge in [-0.1, -0.05) is 62.6 Å². The number of nitrogens with zero attached hydrogens (tertiary/aromatic N) is 2. The molecule has 0 saturated heterocycles. The monoisotopic (exact) mass is 496 g/mol. The molecule has 0 fully saturated rings. The Labute approximate surface area is 208 Å². The molecule has 36 heavy (non-hydrogen) atoms. The Balaban J connectivity index is 1.42. The maximum absolute atomic E-state index is 15.2. The molecule has 0 aliphatic heterocycles. The summed E-state index contributed by atoms with van der Waals surface area (Å²) in [5.41, 5.74) is 1.33. The van der Waals surface area contributed by atoms with Gasteiger partial charge in [0.05, 0.1) is 24.6 Å². The van der Waals surface area contributed by atoms with Crippen LogP contribution in [-0.4, -0.2) is 16.6 Å². The summed E-state index contributed by atoms with van der Waals surface area (Å²) in [4.78, 5) is 8.79. The molecule has 7 heteroatoms. The van der Waals surface area contributed by atoms with Crippen LogP contribution in [0.5, 0.6) is 5.75 Å². The number of hydrogen-bond acceptors (Lipinski definition) is 3. The maximum atomic E-state index is 15.2. The fraction of sp³-hybridized carbons (Fsp3) is 0.310. The zero-order chi connectivity index (χ0) is 25.5. The average Bonchev–Trinajstić information content (AvgIpc) is 2.88. The average molecular weight is 497 g/mol. The fourth-order valence-electron chi connectivity index (χ4n) is 4.07. The van der Waals surface area contributed by atoms with Crippen molar-refractivity contribution in [2.45, 2.75) is 51.6 Å². The lowest BCUT2D eigenvalue weighted by Crippen LogP contribution is -2.04. The minimum Gasteiger partial charge on any atom is -0.490 e. The number of hydrogen-bond donors (Lipinski definition) is 0. The third-order valence-electron chi connectivity index (χ3n) is 6.15. The van der Waals surface area contributed by atoms with Crippen molar-refractivity contribution in [3.05, 3.63) is 89.5 Å². The summed E-state index contributed by atoms with van der Waals surface area (Å²) in [6.45, 7) is 2.81. The van der Waals surface area contributed by atoms with E-state index in [0.717, 1.165) is 41.5 Å². The Morgan fingerprint density at radius 1 is 0.833 bits per heavy atom. The lowest BCUT2D eigenvalue weighted by Gasteiger charge is -2.10. The molecule has 1 aromatic heterocycles. The number of aryl methyl sites for hydroxylation is 2. The number of alkyl halides is 3. The Hall–Kier alpha value is -3.48. The molecule has 0 unspecified atom stereocenters. The molecule has 4 rings (SSSR count). The van der Waals surface area contributed by atoms with Crippen LogP contribution in [0, 0.1) is 5.82 Å². The van der Waals surface area contributed by atoms with Crippen LogP contribution in [0.4, 0.5) is 17.6 Å². The number of benzene rings is 3. The predicted molar refractivity (Wildman–Crippen MR) is 133 cm³/mol. The molecule has 0 saturated carbocycles. The molecule has 0 bridgehead atoms. The first-order valence-electron chi connectivity index (χ1n) is 12.2. The lowest BCUT2D eigenvalue weighted by molar-refractivity contribution is -0.137. The largest absolute Gasteiger partial charge is 0.490 e. The number of rotatable bonds is 10. The van der Waals surface area contributed by atoms with Crippen molar-refractivity contribution < 1.29 is 22.3 Å². The van der Waals surface area contributed by atoms with Gasteiger partial charge in [-0.3, -0.25) is 0 Å². The summed E-state index contributed by atoms with van der Waals surface area (Å²) in [5.74, 6) is 0.834. The van der Waals surface area contributed by atoms with Crippen LogP contribution in [0.15, 0.2) is 67.0 Å². The Bertz CT molecular complexity index is 1290. The summed E-state index contributed by atoms with van der Waals surface area (Å²) < 4.78 is 59.1. The third-order valence-corrected chi connectivity index (χ3v) is 6.15. The van der Waals surface area contributed by atoms with Gasteiger partial charge >= 0.3 is 6.18 Å². The van der Waals surface area contributed by atoms with E-state index in [2.05, 4.69) is 16.9 Å². The lowest BCUT2D eigenvalue weighted by atomic mass is 9.98. The van der Waals surface area contributed by atoms with Gasteiger partial charge in [0, 0.05) is 10.9 Å². The highest BCUT2D eigenvalue weighted by Crippen LogP contribution is 2.30. The molecule has 1 heterocycles. The van der Waals surface area contributed by atoms with Crippen LogP contribution in [0.3, 0.4) is 0 Å². The second-order valence-electron chi connectivity index (χ2n) is 8.82. The van der Waals surface area contributed by atoms with Gasteiger partial charge in [-0.25, -0.2) is 14.4 Å². The van der Waals surface area contributed by atoms with E-state index in [4.69, 9.17) is 4.74 Å². The smallest absolute Gasteiger partial charge is 0.416 e. The highest BCUT2D eigenvalue weighted by Gasteiger charge is 2.29. The molecular formula is C29H28F4N2O. The van der Waals surface area contributed by atoms with Gasteiger partial charge in [-0.15, -0.1) is 0 Å². The first-order chi connectivity index (χ1) is 17.3. The van der Waals surface area contributed by atoms with Crippen molar-refractivity contribution in [2.24, 2.45) is 0 Å². The molecule has 188 valence electrons. The molecule has 0 N–H and O–H groups in total. The van der Waals surface area contributed by atoms with Crippen molar-refractivity contribution in [1.29, 1.82) is 0 Å². The number of unbranched alkanes of at least 4 members (excludes halogenated alkanes) is 3. The number of ether oxygens (including phenoxy) is 1. The van der Waals surface area contributed by atoms with E-state index in [-0.39, 0.29) is 5.82 Å². The first-order valence-corrected chi connectivity index (χ1v) is 12.2. The highest BCUT2D eigenvalue weighted by molar-refractivity contribution is 5.87. The summed E-state index contributed by atoms with van der Waals surface area (Å²) in [6, 6.07) is 13.9. The predicted octanol–water partition coefficient (Wildman–Crippen LogP) is 8.20. The molecule has 0 amide bonds. The summed E-state index contributed by atoms with van der Waals surface area (Å²) in [5, 5.41) is 1.21. The molecule has 3 aromatic carbocycles. The summed E-state index contributed by atoms with van der Waals surface area (Å²) in [6.07, 6.45) is 4.28. The van der Waals surface area contributed by atoms with Crippen molar-refractivity contribution >= 4 is 10.8 Å². The molecule has 4 aromatic rings. The molecule has 0 spiro atoms. The maximum Gasteiger partial charge on any atom is 0.416 e. The van der Waals surface area contributed by atoms with E-state index in [1.165, 1.54) is 25.0 Å². The number of fused-ring (bicyclic) bond motifs is 1. The van der Waals surface area contributed by atoms with Gasteiger partial charge in [0.15, 0.2) is 11.6 Å². The van der Waals surface area contributed by atoms with E-state index in [1.807, 2.05) is 12.1 Å². The van der Waals surface area contributed by atoms with Gasteiger partial charge in [0.25, 0.3) is 0 Å². The van der Waals surface area contributed by atoms with Gasteiger partial charge < -0.3 is 4.74 Å². The molecule has 0 radical (unpaired) electrons. The SMILES string of the molecule is CCCCCCOc1cnc(-c2ccc3c(F)c(CCc4ccc(C(F)(F)F)cc4)ccc3c2)nc1. The Morgan fingerprint density at radius 3 is 2.28 bits per heavy atom. The molecule has 0 aliphatic carbocycles. The normalized spacial score (nSPS) is 11.7. The molecule has 3 nitrogen and oxygen atoms in total. The Morgan fingerprint density at radius 2 is 1.58 bits per heavy atom. The summed E-state index contributed by atoms with van der Waals surface area (Å²) in [7, 11) is 0. The zero-order valence-corrected chi connectivity index (χ0v) is 20.1. The van der Waals surface area contributed by atoms with Crippen LogP contribution in [0.25, 0.3) is 22.2 Å². The van der Waals surface area contributed by atoms with E-state index in [9.17, 15) is 13.2 Å². The van der Waals surface area contributed by atoms with E-state index < -0.39 is 11.7 Å². The zero-order valence-electron chi connectivity index (χ0n) is 20.1. The molecular weight excluding hydrogens is 468 g/mol. The number of halogens is 4. The minimum atomic E-state index is -4.36. The second-order valence-corrected chi connectivity index (χ2v) is 8.82. The minimum absolute atomic E-state index is 0.321. The topological polar surface area (TPSA) is 35.0 Å². The van der Waals surface area contributed by atoms with E-state index in [0.29, 0.717) is 42.0 Å². The second kappa shape index (κ2) is 11.5. The highest BCUT2D eigenvalue weighted by atomic mass is 19.4. The van der Waals surface area contributed by atoms with Crippen LogP contribution in [0.2, 0.25) is 0 Å². The fourth-order valence-corrected chi connectivity index (χ4v) is 4.07. The standard InChI is InChI=1S/C29H28F4N2O/c1-2-3-4-5-16-36-25-18-34-28(35-19-25)23-12-15-26-22(17-23)11-10-21(27(26)30)9-6-20-7-13-24(14-8-20)29(31,32)33/h7-8,10-15,17-19H,2-6,9,16H2,1H3. The van der Waals surface area contributed by atoms with Crippen molar-refractivity contribution in [3.63, 3.8) is 0 Å². The van der Waals surface area contributed by atoms with Crippen LogP contribution < -0.4 is 4.74 Å². The van der Waals surface area contributed by atoms with Crippen LogP contribution >= 0.6 is 0 Å². The first kappa shape index (κ1) is 25.6. The summed E-state index contributed by atoms with van der Waals surface area (Å²) >= 11 is 0. The third kappa shape index (κ3) is 6.39. The van der Waals surface area contributed by atoms with Crippen LogP contribution in [-0.2, 0) is 19.0 Å². The quantitative estimate of drug-likeness (QED) is 0.164. The Kier molecular flexibility index (Phi) is 8.18. The van der Waals surface area contributed by atoms with Gasteiger partial charge in [0.1, 0.15) is 5.82 Å².